The Morgan fingerprint density at radius 2 is 1.90 bits per heavy atom. The van der Waals surface area contributed by atoms with Gasteiger partial charge in [-0.2, -0.15) is 0 Å². The molecule has 3 aromatic rings. The number of rotatable bonds is 5. The Bertz CT molecular complexity index is 1080. The van der Waals surface area contributed by atoms with Gasteiger partial charge in [0, 0.05) is 10.9 Å². The summed E-state index contributed by atoms with van der Waals surface area (Å²) in [5.41, 5.74) is 1.09. The second-order valence-electron chi connectivity index (χ2n) is 7.36. The fourth-order valence-corrected chi connectivity index (χ4v) is 4.61. The molecule has 3 atom stereocenters. The molecule has 0 aliphatic heterocycles. The van der Waals surface area contributed by atoms with Crippen LogP contribution in [-0.4, -0.2) is 53.4 Å². The van der Waals surface area contributed by atoms with E-state index in [0.717, 1.165) is 17.7 Å². The summed E-state index contributed by atoms with van der Waals surface area (Å²) < 4.78 is 1.61. The molecule has 1 aromatic carbocycles. The van der Waals surface area contributed by atoms with Crippen LogP contribution in [0.4, 0.5) is 5.82 Å². The molecule has 5 rings (SSSR count). The summed E-state index contributed by atoms with van der Waals surface area (Å²) in [5.74, 6) is 0.624. The number of anilines is 1. The number of halogens is 2. The third-order valence-corrected chi connectivity index (χ3v) is 6.78. The molecule has 0 bridgehead atoms. The van der Waals surface area contributed by atoms with Gasteiger partial charge in [0.05, 0.1) is 22.2 Å². The van der Waals surface area contributed by atoms with Gasteiger partial charge in [-0.15, -0.1) is 5.10 Å². The molecule has 2 heterocycles. The van der Waals surface area contributed by atoms with Crippen molar-refractivity contribution in [3.05, 3.63) is 28.2 Å². The van der Waals surface area contributed by atoms with Gasteiger partial charge in [-0.25, -0.2) is 14.6 Å². The molecule has 152 valence electrons. The minimum Gasteiger partial charge on any atom is -0.390 e. The fraction of sp³-hybridized carbons (Fsp3) is 0.444. The van der Waals surface area contributed by atoms with E-state index in [1.54, 1.807) is 16.8 Å². The van der Waals surface area contributed by atoms with Gasteiger partial charge >= 0.3 is 0 Å². The standard InChI is InChI=1S/C18H18Cl2N6O2S/c19-10-4-3-9(7-11(10)20)29-18-22-16(21-8-1-2-8)14-17(23-18)26(25-24-14)12-5-6-13(27)15(12)28/h3-4,7-8,12-13,15,27-28H,1-2,5-6H2,(H,21,22,23)/t12-,13-,15+/m1/s1. The molecule has 0 spiro atoms. The molecule has 2 aliphatic carbocycles. The van der Waals surface area contributed by atoms with Crippen LogP contribution in [0.25, 0.3) is 11.2 Å². The minimum absolute atomic E-state index is 0.374. The van der Waals surface area contributed by atoms with Crippen molar-refractivity contribution in [2.24, 2.45) is 0 Å². The summed E-state index contributed by atoms with van der Waals surface area (Å²) in [6.45, 7) is 0. The number of fused-ring (bicyclic) bond motifs is 1. The highest BCUT2D eigenvalue weighted by Crippen LogP contribution is 2.36. The molecule has 8 nitrogen and oxygen atoms in total. The summed E-state index contributed by atoms with van der Waals surface area (Å²) in [7, 11) is 0. The van der Waals surface area contributed by atoms with E-state index in [4.69, 9.17) is 23.2 Å². The summed E-state index contributed by atoms with van der Waals surface area (Å²) in [6, 6.07) is 5.35. The number of aromatic nitrogens is 5. The van der Waals surface area contributed by atoms with Crippen LogP contribution in [0.15, 0.2) is 28.3 Å². The molecule has 3 N–H and O–H groups in total. The minimum atomic E-state index is -0.902. The van der Waals surface area contributed by atoms with E-state index in [0.29, 0.717) is 51.1 Å². The highest BCUT2D eigenvalue weighted by Gasteiger charge is 2.37. The average Bonchev–Trinajstić information content (AvgIpc) is 3.32. The van der Waals surface area contributed by atoms with Crippen LogP contribution < -0.4 is 5.32 Å². The predicted octanol–water partition coefficient (Wildman–Crippen LogP) is 3.31. The Hall–Kier alpha value is -1.65. The molecular weight excluding hydrogens is 435 g/mol. The largest absolute Gasteiger partial charge is 0.390 e. The van der Waals surface area contributed by atoms with Gasteiger partial charge in [-0.05, 0) is 55.6 Å². The number of hydrogen-bond donors (Lipinski definition) is 3. The number of nitrogens with zero attached hydrogens (tertiary/aromatic N) is 5. The molecule has 2 saturated carbocycles. The lowest BCUT2D eigenvalue weighted by molar-refractivity contribution is 0.0215. The molecule has 11 heteroatoms. The number of aliphatic hydroxyl groups is 2. The van der Waals surface area contributed by atoms with Crippen molar-refractivity contribution in [2.75, 3.05) is 5.32 Å². The Morgan fingerprint density at radius 1 is 1.07 bits per heavy atom. The Kier molecular flexibility index (Phi) is 5.03. The first-order valence-electron chi connectivity index (χ1n) is 9.38. The maximum Gasteiger partial charge on any atom is 0.196 e. The maximum absolute atomic E-state index is 10.3. The first-order chi connectivity index (χ1) is 14.0. The third kappa shape index (κ3) is 3.77. The average molecular weight is 453 g/mol. The molecule has 0 saturated heterocycles. The molecular formula is C18H18Cl2N6O2S. The molecule has 0 unspecified atom stereocenters. The van der Waals surface area contributed by atoms with Gasteiger partial charge in [0.1, 0.15) is 6.10 Å². The van der Waals surface area contributed by atoms with Gasteiger partial charge in [0.25, 0.3) is 0 Å². The molecule has 0 radical (unpaired) electrons. The summed E-state index contributed by atoms with van der Waals surface area (Å²) in [6.07, 6.45) is 1.61. The lowest BCUT2D eigenvalue weighted by Crippen LogP contribution is -2.28. The zero-order valence-corrected chi connectivity index (χ0v) is 17.5. The zero-order valence-electron chi connectivity index (χ0n) is 15.2. The van der Waals surface area contributed by atoms with Crippen LogP contribution in [0.3, 0.4) is 0 Å². The van der Waals surface area contributed by atoms with Crippen LogP contribution >= 0.6 is 35.0 Å². The van der Waals surface area contributed by atoms with Crippen molar-refractivity contribution in [1.29, 1.82) is 0 Å². The van der Waals surface area contributed by atoms with E-state index in [1.165, 1.54) is 11.8 Å². The Balaban J connectivity index is 1.56. The fourth-order valence-electron chi connectivity index (χ4n) is 3.45. The van der Waals surface area contributed by atoms with Crippen LogP contribution in [-0.2, 0) is 0 Å². The van der Waals surface area contributed by atoms with E-state index in [1.807, 2.05) is 6.07 Å². The summed E-state index contributed by atoms with van der Waals surface area (Å²) in [5, 5.41) is 33.6. The van der Waals surface area contributed by atoms with Crippen molar-refractivity contribution >= 4 is 51.9 Å². The van der Waals surface area contributed by atoms with Crippen molar-refractivity contribution in [3.63, 3.8) is 0 Å². The van der Waals surface area contributed by atoms with Crippen LogP contribution in [0, 0.1) is 0 Å². The third-order valence-electron chi connectivity index (χ3n) is 5.18. The zero-order chi connectivity index (χ0) is 20.1. The van der Waals surface area contributed by atoms with Gasteiger partial charge in [-0.1, -0.05) is 28.4 Å². The van der Waals surface area contributed by atoms with Crippen LogP contribution in [0.2, 0.25) is 10.0 Å². The Morgan fingerprint density at radius 3 is 2.59 bits per heavy atom. The highest BCUT2D eigenvalue weighted by atomic mass is 35.5. The summed E-state index contributed by atoms with van der Waals surface area (Å²) >= 11 is 13.5. The van der Waals surface area contributed by atoms with Gasteiger partial charge < -0.3 is 15.5 Å². The number of aliphatic hydroxyl groups excluding tert-OH is 2. The number of hydrogen-bond acceptors (Lipinski definition) is 8. The quantitative estimate of drug-likeness (QED) is 0.505. The molecule has 2 aliphatic rings. The number of benzene rings is 1. The molecule has 2 fully saturated rings. The number of nitrogens with one attached hydrogen (secondary N) is 1. The van der Waals surface area contributed by atoms with E-state index >= 15 is 0 Å². The van der Waals surface area contributed by atoms with E-state index in [2.05, 4.69) is 25.6 Å². The van der Waals surface area contributed by atoms with Crippen molar-refractivity contribution in [3.8, 4) is 0 Å². The second-order valence-corrected chi connectivity index (χ2v) is 9.22. The van der Waals surface area contributed by atoms with E-state index in [9.17, 15) is 10.2 Å². The normalized spacial score (nSPS) is 24.3. The predicted molar refractivity (Wildman–Crippen MR) is 111 cm³/mol. The second kappa shape index (κ2) is 7.55. The molecule has 29 heavy (non-hydrogen) atoms. The van der Waals surface area contributed by atoms with Gasteiger partial charge in [-0.3, -0.25) is 0 Å². The van der Waals surface area contributed by atoms with Crippen LogP contribution in [0.5, 0.6) is 0 Å². The van der Waals surface area contributed by atoms with Crippen LogP contribution in [0.1, 0.15) is 31.7 Å². The highest BCUT2D eigenvalue weighted by molar-refractivity contribution is 7.99. The molecule has 2 aromatic heterocycles. The molecule has 0 amide bonds. The lowest BCUT2D eigenvalue weighted by atomic mass is 10.2. The topological polar surface area (TPSA) is 109 Å². The van der Waals surface area contributed by atoms with Gasteiger partial charge in [0.15, 0.2) is 22.1 Å². The van der Waals surface area contributed by atoms with E-state index in [-0.39, 0.29) is 6.04 Å². The van der Waals surface area contributed by atoms with E-state index < -0.39 is 12.2 Å². The van der Waals surface area contributed by atoms with Crippen molar-refractivity contribution < 1.29 is 10.2 Å². The smallest absolute Gasteiger partial charge is 0.196 e. The maximum atomic E-state index is 10.3. The Labute approximate surface area is 180 Å². The summed E-state index contributed by atoms with van der Waals surface area (Å²) in [4.78, 5) is 10.1. The lowest BCUT2D eigenvalue weighted by Gasteiger charge is -2.16. The van der Waals surface area contributed by atoms with Crippen molar-refractivity contribution in [1.82, 2.24) is 25.0 Å². The first-order valence-corrected chi connectivity index (χ1v) is 11.0. The monoisotopic (exact) mass is 452 g/mol. The first kappa shape index (κ1) is 19.3. The SMILES string of the molecule is O[C@@H]1[C@H](O)CC[C@H]1n1nnc2c(NC3CC3)nc(Sc3ccc(Cl)c(Cl)c3)nc21. The van der Waals surface area contributed by atoms with Crippen molar-refractivity contribution in [2.45, 2.75) is 60.0 Å². The van der Waals surface area contributed by atoms with Gasteiger partial charge in [0.2, 0.25) is 0 Å².